The molecule has 0 aliphatic heterocycles. The minimum absolute atomic E-state index is 0.559. The van der Waals surface area contributed by atoms with Crippen LogP contribution in [0.5, 0.6) is 0 Å². The zero-order valence-corrected chi connectivity index (χ0v) is 8.31. The fourth-order valence-corrected chi connectivity index (χ4v) is 2.18. The Hall–Kier alpha value is -1.60. The topological polar surface area (TPSA) is 19.9 Å². The molecular weight excluding hydrogens is 184 g/mol. The van der Waals surface area contributed by atoms with Gasteiger partial charge in [-0.25, -0.2) is 5.11 Å². The molecule has 0 amide bonds. The van der Waals surface area contributed by atoms with Gasteiger partial charge in [-0.2, -0.15) is 0 Å². The van der Waals surface area contributed by atoms with Gasteiger partial charge >= 0.3 is 0 Å². The van der Waals surface area contributed by atoms with Crippen LogP contribution in [0, 0.1) is 0 Å². The highest BCUT2D eigenvalue weighted by Crippen LogP contribution is 2.29. The second kappa shape index (κ2) is 2.94. The third kappa shape index (κ3) is 1.28. The molecule has 15 heavy (non-hydrogen) atoms. The summed E-state index contributed by atoms with van der Waals surface area (Å²) in [6, 6.07) is 8.02. The van der Waals surface area contributed by atoms with E-state index in [-0.39, 0.29) is 0 Å². The molecule has 0 heterocycles. The van der Waals surface area contributed by atoms with Crippen molar-refractivity contribution in [1.29, 1.82) is 0 Å². The molecule has 73 valence electrons. The van der Waals surface area contributed by atoms with E-state index in [1.807, 2.05) is 54.6 Å². The molecule has 1 aromatic carbocycles. The van der Waals surface area contributed by atoms with Crippen LogP contribution < -0.4 is 10.4 Å². The quantitative estimate of drug-likeness (QED) is 0.595. The van der Waals surface area contributed by atoms with Crippen LogP contribution in [-0.4, -0.2) is 5.60 Å². The van der Waals surface area contributed by atoms with Gasteiger partial charge in [0.2, 0.25) is 0 Å². The van der Waals surface area contributed by atoms with E-state index in [0.29, 0.717) is 6.42 Å². The highest BCUT2D eigenvalue weighted by atomic mass is 16.3. The number of fused-ring (bicyclic) bond motifs is 2. The summed E-state index contributed by atoms with van der Waals surface area (Å²) in [5, 5.41) is 14.7. The normalized spacial score (nSPS) is 26.9. The molecule has 1 heteroatoms. The van der Waals surface area contributed by atoms with E-state index in [4.69, 9.17) is 0 Å². The van der Waals surface area contributed by atoms with Gasteiger partial charge in [0, 0.05) is 6.42 Å². The minimum atomic E-state index is -1.04. The van der Waals surface area contributed by atoms with E-state index in [9.17, 15) is 5.11 Å². The van der Waals surface area contributed by atoms with Crippen molar-refractivity contribution in [3.63, 3.8) is 0 Å². The summed E-state index contributed by atoms with van der Waals surface area (Å²) in [6.45, 7) is 0. The summed E-state index contributed by atoms with van der Waals surface area (Å²) >= 11 is 0. The molecule has 0 N–H and O–H groups in total. The van der Waals surface area contributed by atoms with Crippen LogP contribution in [0.4, 0.5) is 0 Å². The lowest BCUT2D eigenvalue weighted by molar-refractivity contribution is 0.0674. The first-order valence-electron chi connectivity index (χ1n) is 5.15. The van der Waals surface area contributed by atoms with Gasteiger partial charge in [0.05, 0.1) is 0 Å². The molecule has 3 rings (SSSR count). The summed E-state index contributed by atoms with van der Waals surface area (Å²) in [4.78, 5) is 0. The number of allylic oxidation sites excluding steroid dienone is 2. The second-order valence-corrected chi connectivity index (χ2v) is 4.06. The van der Waals surface area contributed by atoms with Crippen LogP contribution in [0.15, 0.2) is 48.1 Å². The SMILES string of the molecule is [O]C12C=c3ccccc3=CC1=CC=CC2. The summed E-state index contributed by atoms with van der Waals surface area (Å²) in [5.41, 5.74) is -0.160. The average Bonchev–Trinajstić information content (AvgIpc) is 2.25. The highest BCUT2D eigenvalue weighted by molar-refractivity contribution is 5.66. The number of hydrogen-bond acceptors (Lipinski definition) is 0. The lowest BCUT2D eigenvalue weighted by Gasteiger charge is -2.26. The van der Waals surface area contributed by atoms with E-state index >= 15 is 0 Å². The smallest absolute Gasteiger partial charge is 0.151 e. The molecule has 0 bridgehead atoms. The molecule has 2 aliphatic carbocycles. The van der Waals surface area contributed by atoms with E-state index in [1.54, 1.807) is 0 Å². The molecule has 1 unspecified atom stereocenters. The first-order valence-corrected chi connectivity index (χ1v) is 5.15. The lowest BCUT2D eigenvalue weighted by Crippen LogP contribution is -2.39. The summed E-state index contributed by atoms with van der Waals surface area (Å²) in [7, 11) is 0. The predicted molar refractivity (Wildman–Crippen MR) is 59.9 cm³/mol. The van der Waals surface area contributed by atoms with Crippen molar-refractivity contribution in [2.75, 3.05) is 0 Å². The molecule has 1 aromatic rings. The molecule has 0 spiro atoms. The summed E-state index contributed by atoms with van der Waals surface area (Å²) in [6.07, 6.45) is 10.2. The maximum atomic E-state index is 12.5. The Morgan fingerprint density at radius 3 is 2.80 bits per heavy atom. The molecule has 0 aromatic heterocycles. The second-order valence-electron chi connectivity index (χ2n) is 4.06. The van der Waals surface area contributed by atoms with Gasteiger partial charge in [0.15, 0.2) is 5.60 Å². The van der Waals surface area contributed by atoms with Crippen molar-refractivity contribution < 1.29 is 5.11 Å². The van der Waals surface area contributed by atoms with Gasteiger partial charge in [0.25, 0.3) is 0 Å². The number of hydrogen-bond donors (Lipinski definition) is 0. The maximum absolute atomic E-state index is 12.5. The molecule has 0 fully saturated rings. The van der Waals surface area contributed by atoms with Gasteiger partial charge < -0.3 is 0 Å². The number of benzene rings is 1. The maximum Gasteiger partial charge on any atom is 0.151 e. The van der Waals surface area contributed by atoms with Crippen LogP contribution in [-0.2, 0) is 5.11 Å². The summed E-state index contributed by atoms with van der Waals surface area (Å²) < 4.78 is 0. The van der Waals surface area contributed by atoms with Gasteiger partial charge in [-0.05, 0) is 28.2 Å². The standard InChI is InChI=1S/C14H11O/c15-14-8-4-3-7-13(14)9-11-5-1-2-6-12(11)10-14/h1-7,9-10H,8H2. The highest BCUT2D eigenvalue weighted by Gasteiger charge is 2.31. The predicted octanol–water partition coefficient (Wildman–Crippen LogP) is 1.32. The van der Waals surface area contributed by atoms with Crippen LogP contribution in [0.1, 0.15) is 6.42 Å². The molecule has 0 saturated heterocycles. The van der Waals surface area contributed by atoms with Gasteiger partial charge in [-0.3, -0.25) is 0 Å². The van der Waals surface area contributed by atoms with E-state index in [0.717, 1.165) is 16.0 Å². The Balaban J connectivity index is 2.35. The van der Waals surface area contributed by atoms with Crippen LogP contribution in [0.3, 0.4) is 0 Å². The Morgan fingerprint density at radius 2 is 1.93 bits per heavy atom. The minimum Gasteiger partial charge on any atom is -0.219 e. The fraction of sp³-hybridized carbons (Fsp3) is 0.143. The summed E-state index contributed by atoms with van der Waals surface area (Å²) in [5.74, 6) is 0. The average molecular weight is 195 g/mol. The molecule has 1 radical (unpaired) electrons. The first-order chi connectivity index (χ1) is 7.28. The fourth-order valence-electron chi connectivity index (χ4n) is 2.18. The van der Waals surface area contributed by atoms with Crippen molar-refractivity contribution in [1.82, 2.24) is 0 Å². The Labute approximate surface area is 88.4 Å². The molecular formula is C14H11O. The van der Waals surface area contributed by atoms with E-state index < -0.39 is 5.60 Å². The van der Waals surface area contributed by atoms with Crippen LogP contribution >= 0.6 is 0 Å². The molecule has 1 atom stereocenters. The lowest BCUT2D eigenvalue weighted by atomic mass is 9.82. The van der Waals surface area contributed by atoms with Crippen molar-refractivity contribution in [3.8, 4) is 0 Å². The van der Waals surface area contributed by atoms with E-state index in [1.165, 1.54) is 0 Å². The number of rotatable bonds is 0. The van der Waals surface area contributed by atoms with Gasteiger partial charge in [-0.15, -0.1) is 0 Å². The first kappa shape index (κ1) is 8.69. The monoisotopic (exact) mass is 195 g/mol. The van der Waals surface area contributed by atoms with Gasteiger partial charge in [0.1, 0.15) is 0 Å². The Kier molecular flexibility index (Phi) is 1.70. The third-order valence-electron chi connectivity index (χ3n) is 3.02. The van der Waals surface area contributed by atoms with Crippen molar-refractivity contribution in [2.45, 2.75) is 12.0 Å². The van der Waals surface area contributed by atoms with Crippen molar-refractivity contribution in [2.24, 2.45) is 0 Å². The Bertz CT molecular complexity index is 578. The van der Waals surface area contributed by atoms with Crippen LogP contribution in [0.25, 0.3) is 12.2 Å². The molecule has 1 nitrogen and oxygen atoms in total. The molecule has 0 saturated carbocycles. The van der Waals surface area contributed by atoms with E-state index in [2.05, 4.69) is 0 Å². The zero-order chi connectivity index (χ0) is 10.3. The van der Waals surface area contributed by atoms with Gasteiger partial charge in [-0.1, -0.05) is 42.5 Å². The largest absolute Gasteiger partial charge is 0.219 e. The van der Waals surface area contributed by atoms with Crippen LogP contribution in [0.2, 0.25) is 0 Å². The Morgan fingerprint density at radius 1 is 1.13 bits per heavy atom. The van der Waals surface area contributed by atoms with Crippen molar-refractivity contribution >= 4 is 12.2 Å². The molecule has 2 aliphatic rings. The van der Waals surface area contributed by atoms with Crippen molar-refractivity contribution in [3.05, 3.63) is 58.5 Å². The third-order valence-corrected chi connectivity index (χ3v) is 3.02. The zero-order valence-electron chi connectivity index (χ0n) is 8.31.